The summed E-state index contributed by atoms with van der Waals surface area (Å²) in [5, 5.41) is 3.13. The van der Waals surface area contributed by atoms with Crippen molar-refractivity contribution in [3.05, 3.63) is 24.2 Å². The molecule has 0 aromatic carbocycles. The predicted molar refractivity (Wildman–Crippen MR) is 97.8 cm³/mol. The van der Waals surface area contributed by atoms with E-state index in [9.17, 15) is 14.4 Å². The lowest BCUT2D eigenvalue weighted by Crippen LogP contribution is -2.51. The summed E-state index contributed by atoms with van der Waals surface area (Å²) in [6, 6.07) is 3.64. The van der Waals surface area contributed by atoms with Crippen LogP contribution in [0.1, 0.15) is 49.1 Å². The highest BCUT2D eigenvalue weighted by molar-refractivity contribution is 5.93. The van der Waals surface area contributed by atoms with E-state index in [0.29, 0.717) is 44.4 Å². The van der Waals surface area contributed by atoms with Crippen LogP contribution in [0.5, 0.6) is 0 Å². The zero-order valence-electron chi connectivity index (χ0n) is 15.6. The number of nitrogens with one attached hydrogen (secondary N) is 1. The molecule has 2 unspecified atom stereocenters. The summed E-state index contributed by atoms with van der Waals surface area (Å²) in [4.78, 5) is 40.9. The summed E-state index contributed by atoms with van der Waals surface area (Å²) in [7, 11) is 0. The Balaban J connectivity index is 1.23. The molecule has 2 heterocycles. The topological polar surface area (TPSA) is 82.9 Å². The van der Waals surface area contributed by atoms with Crippen LogP contribution in [0.3, 0.4) is 0 Å². The number of carbonyl (C=O) groups is 3. The molecular formula is C20H27N3O4. The molecule has 1 aromatic heterocycles. The largest absolute Gasteiger partial charge is 0.459 e. The van der Waals surface area contributed by atoms with E-state index in [1.807, 2.05) is 0 Å². The number of rotatable bonds is 4. The minimum Gasteiger partial charge on any atom is -0.459 e. The second-order valence-corrected chi connectivity index (χ2v) is 7.89. The van der Waals surface area contributed by atoms with Crippen molar-refractivity contribution in [2.24, 2.45) is 11.8 Å². The summed E-state index contributed by atoms with van der Waals surface area (Å²) in [5.74, 6) is -0.0430. The smallest absolute Gasteiger partial charge is 0.289 e. The predicted octanol–water partition coefficient (Wildman–Crippen LogP) is 1.65. The highest BCUT2D eigenvalue weighted by Gasteiger charge is 2.50. The van der Waals surface area contributed by atoms with Crippen molar-refractivity contribution in [1.29, 1.82) is 0 Å². The second kappa shape index (κ2) is 7.74. The summed E-state index contributed by atoms with van der Waals surface area (Å²) in [5.41, 5.74) is 0. The van der Waals surface area contributed by atoms with Crippen LogP contribution in [0.15, 0.2) is 22.8 Å². The number of piperazine rings is 1. The molecule has 27 heavy (non-hydrogen) atoms. The van der Waals surface area contributed by atoms with Gasteiger partial charge in [0, 0.05) is 32.2 Å². The van der Waals surface area contributed by atoms with E-state index >= 15 is 0 Å². The molecule has 3 fully saturated rings. The van der Waals surface area contributed by atoms with Gasteiger partial charge in [-0.05, 0) is 31.4 Å². The van der Waals surface area contributed by atoms with Crippen molar-refractivity contribution in [2.75, 3.05) is 26.2 Å². The maximum atomic E-state index is 12.7. The van der Waals surface area contributed by atoms with Gasteiger partial charge in [0.2, 0.25) is 11.8 Å². The Morgan fingerprint density at radius 1 is 0.963 bits per heavy atom. The quantitative estimate of drug-likeness (QED) is 0.870. The van der Waals surface area contributed by atoms with E-state index in [0.717, 1.165) is 12.8 Å². The van der Waals surface area contributed by atoms with Crippen molar-refractivity contribution in [3.8, 4) is 0 Å². The van der Waals surface area contributed by atoms with Gasteiger partial charge in [0.05, 0.1) is 18.1 Å². The molecule has 1 aromatic rings. The molecule has 1 saturated heterocycles. The molecule has 2 atom stereocenters. The third-order valence-electron chi connectivity index (χ3n) is 6.01. The fourth-order valence-corrected chi connectivity index (χ4v) is 4.23. The standard InChI is InChI=1S/C20H27N3O4/c24-18(21-14-5-2-1-3-6-14)15-13-16(15)19(25)22-8-10-23(11-9-22)20(26)17-7-4-12-27-17/h4,7,12,14-16H,1-3,5-6,8-11,13H2,(H,21,24). The van der Waals surface area contributed by atoms with E-state index in [4.69, 9.17) is 4.42 Å². The molecule has 0 radical (unpaired) electrons. The first kappa shape index (κ1) is 18.1. The van der Waals surface area contributed by atoms with Gasteiger partial charge in [0.15, 0.2) is 5.76 Å². The van der Waals surface area contributed by atoms with Crippen LogP contribution in [0.4, 0.5) is 0 Å². The number of hydrogen-bond acceptors (Lipinski definition) is 4. The van der Waals surface area contributed by atoms with E-state index < -0.39 is 0 Å². The molecule has 2 aliphatic carbocycles. The monoisotopic (exact) mass is 373 g/mol. The summed E-state index contributed by atoms with van der Waals surface area (Å²) >= 11 is 0. The van der Waals surface area contributed by atoms with Crippen LogP contribution in [-0.4, -0.2) is 59.7 Å². The highest BCUT2D eigenvalue weighted by atomic mass is 16.3. The highest BCUT2D eigenvalue weighted by Crippen LogP contribution is 2.40. The average molecular weight is 373 g/mol. The molecule has 7 heteroatoms. The van der Waals surface area contributed by atoms with Gasteiger partial charge in [-0.15, -0.1) is 0 Å². The molecule has 4 rings (SSSR count). The Labute approximate surface area is 159 Å². The first-order valence-corrected chi connectivity index (χ1v) is 10.1. The van der Waals surface area contributed by atoms with Crippen molar-refractivity contribution in [1.82, 2.24) is 15.1 Å². The third kappa shape index (κ3) is 4.01. The normalized spacial score (nSPS) is 25.9. The van der Waals surface area contributed by atoms with Gasteiger partial charge in [0.1, 0.15) is 0 Å². The minimum atomic E-state index is -0.180. The van der Waals surface area contributed by atoms with Gasteiger partial charge in [-0.1, -0.05) is 19.3 Å². The first-order valence-electron chi connectivity index (χ1n) is 10.1. The first-order chi connectivity index (χ1) is 13.1. The Morgan fingerprint density at radius 2 is 1.67 bits per heavy atom. The van der Waals surface area contributed by atoms with Crippen LogP contribution in [-0.2, 0) is 9.59 Å². The number of amides is 3. The summed E-state index contributed by atoms with van der Waals surface area (Å²) < 4.78 is 5.16. The Kier molecular flexibility index (Phi) is 5.18. The van der Waals surface area contributed by atoms with Crippen LogP contribution in [0.25, 0.3) is 0 Å². The molecule has 2 saturated carbocycles. The lowest BCUT2D eigenvalue weighted by molar-refractivity contribution is -0.136. The van der Waals surface area contributed by atoms with Gasteiger partial charge in [-0.25, -0.2) is 0 Å². The summed E-state index contributed by atoms with van der Waals surface area (Å²) in [6.07, 6.45) is 7.87. The maximum absolute atomic E-state index is 12.7. The van der Waals surface area contributed by atoms with E-state index in [1.165, 1.54) is 25.5 Å². The zero-order chi connectivity index (χ0) is 18.8. The fraction of sp³-hybridized carbons (Fsp3) is 0.650. The van der Waals surface area contributed by atoms with Crippen LogP contribution < -0.4 is 5.32 Å². The molecule has 3 aliphatic rings. The van der Waals surface area contributed by atoms with Gasteiger partial charge >= 0.3 is 0 Å². The molecule has 0 spiro atoms. The zero-order valence-corrected chi connectivity index (χ0v) is 15.6. The van der Waals surface area contributed by atoms with Gasteiger partial charge in [-0.2, -0.15) is 0 Å². The SMILES string of the molecule is O=C(NC1CCCCC1)C1CC1C(=O)N1CCN(C(=O)c2ccco2)CC1. The average Bonchev–Trinajstić information content (AvgIpc) is 3.33. The molecular weight excluding hydrogens is 346 g/mol. The van der Waals surface area contributed by atoms with Crippen LogP contribution >= 0.6 is 0 Å². The van der Waals surface area contributed by atoms with Gasteiger partial charge in [-0.3, -0.25) is 14.4 Å². The lowest BCUT2D eigenvalue weighted by atomic mass is 9.95. The Hall–Kier alpha value is -2.31. The fourth-order valence-electron chi connectivity index (χ4n) is 4.23. The number of carbonyl (C=O) groups excluding carboxylic acids is 3. The molecule has 1 N–H and O–H groups in total. The number of hydrogen-bond donors (Lipinski definition) is 1. The third-order valence-corrected chi connectivity index (χ3v) is 6.01. The van der Waals surface area contributed by atoms with Gasteiger partial charge in [0.25, 0.3) is 5.91 Å². The molecule has 3 amide bonds. The lowest BCUT2D eigenvalue weighted by Gasteiger charge is -2.34. The Bertz CT molecular complexity index is 688. The Morgan fingerprint density at radius 3 is 2.33 bits per heavy atom. The van der Waals surface area contributed by atoms with Crippen molar-refractivity contribution >= 4 is 17.7 Å². The van der Waals surface area contributed by atoms with E-state index in [2.05, 4.69) is 5.32 Å². The maximum Gasteiger partial charge on any atom is 0.289 e. The number of furan rings is 1. The number of nitrogens with zero attached hydrogens (tertiary/aromatic N) is 2. The molecule has 0 bridgehead atoms. The van der Waals surface area contributed by atoms with Crippen LogP contribution in [0.2, 0.25) is 0 Å². The van der Waals surface area contributed by atoms with E-state index in [1.54, 1.807) is 21.9 Å². The van der Waals surface area contributed by atoms with Crippen molar-refractivity contribution in [3.63, 3.8) is 0 Å². The minimum absolute atomic E-state index is 0.0480. The summed E-state index contributed by atoms with van der Waals surface area (Å²) in [6.45, 7) is 2.02. The van der Waals surface area contributed by atoms with Crippen molar-refractivity contribution < 1.29 is 18.8 Å². The second-order valence-electron chi connectivity index (χ2n) is 7.89. The molecule has 146 valence electrons. The van der Waals surface area contributed by atoms with E-state index in [-0.39, 0.29) is 29.6 Å². The van der Waals surface area contributed by atoms with Crippen molar-refractivity contribution in [2.45, 2.75) is 44.6 Å². The molecule has 7 nitrogen and oxygen atoms in total. The van der Waals surface area contributed by atoms with Gasteiger partial charge < -0.3 is 19.5 Å². The molecule has 1 aliphatic heterocycles. The van der Waals surface area contributed by atoms with Crippen LogP contribution in [0, 0.1) is 11.8 Å².